The average Bonchev–Trinajstić information content (AvgIpc) is 2.58. The molecule has 3 N–H and O–H groups in total. The van der Waals surface area contributed by atoms with Crippen molar-refractivity contribution in [1.29, 1.82) is 0 Å². The number of benzene rings is 1. The molecule has 1 unspecified atom stereocenters. The number of anilines is 1. The molecule has 2 rings (SSSR count). The van der Waals surface area contributed by atoms with Crippen LogP contribution in [0, 0.1) is 0 Å². The van der Waals surface area contributed by atoms with Gasteiger partial charge in [0.25, 0.3) is 0 Å². The summed E-state index contributed by atoms with van der Waals surface area (Å²) in [6.07, 6.45) is 0. The van der Waals surface area contributed by atoms with E-state index in [0.29, 0.717) is 6.54 Å². The monoisotopic (exact) mass is 242 g/mol. The fourth-order valence-electron chi connectivity index (χ4n) is 1.94. The number of sulfonamides is 1. The Hall–Kier alpha value is -1.27. The van der Waals surface area contributed by atoms with Crippen LogP contribution in [0.5, 0.6) is 5.75 Å². The Labute approximate surface area is 94.6 Å². The number of nitrogens with two attached hydrogens (primary N) is 1. The molecule has 1 aromatic carbocycles. The first-order chi connectivity index (χ1) is 7.49. The first-order valence-electron chi connectivity index (χ1n) is 4.92. The smallest absolute Gasteiger partial charge is 0.209 e. The molecule has 5 nitrogen and oxygen atoms in total. The summed E-state index contributed by atoms with van der Waals surface area (Å²) in [4.78, 5) is 0. The Balaban J connectivity index is 2.31. The topological polar surface area (TPSA) is 81.4 Å². The lowest BCUT2D eigenvalue weighted by Gasteiger charge is -2.09. The second kappa shape index (κ2) is 3.95. The van der Waals surface area contributed by atoms with Crippen LogP contribution in [0.3, 0.4) is 0 Å². The molecular formula is C10H14N2O3S. The van der Waals surface area contributed by atoms with Crippen LogP contribution in [0.1, 0.15) is 11.5 Å². The zero-order chi connectivity index (χ0) is 11.8. The molecule has 1 aliphatic heterocycles. The molecule has 0 radical (unpaired) electrons. The second-order valence-corrected chi connectivity index (χ2v) is 5.52. The molecule has 0 fully saturated rings. The molecule has 1 aliphatic rings. The van der Waals surface area contributed by atoms with E-state index in [9.17, 15) is 8.42 Å². The van der Waals surface area contributed by atoms with Gasteiger partial charge < -0.3 is 10.1 Å². The highest BCUT2D eigenvalue weighted by Gasteiger charge is 2.26. The maximum absolute atomic E-state index is 11.1. The van der Waals surface area contributed by atoms with Crippen LogP contribution in [0.4, 0.5) is 5.69 Å². The van der Waals surface area contributed by atoms with E-state index in [1.54, 1.807) is 7.11 Å². The third kappa shape index (κ3) is 2.28. The summed E-state index contributed by atoms with van der Waals surface area (Å²) >= 11 is 0. The largest absolute Gasteiger partial charge is 0.497 e. The van der Waals surface area contributed by atoms with E-state index in [4.69, 9.17) is 9.88 Å². The molecule has 0 amide bonds. The van der Waals surface area contributed by atoms with E-state index in [1.807, 2.05) is 18.2 Å². The molecule has 6 heteroatoms. The Morgan fingerprint density at radius 2 is 2.31 bits per heavy atom. The third-order valence-corrected chi connectivity index (χ3v) is 3.54. The Kier molecular flexibility index (Phi) is 2.77. The van der Waals surface area contributed by atoms with Crippen LogP contribution in [0.2, 0.25) is 0 Å². The fraction of sp³-hybridized carbons (Fsp3) is 0.400. The van der Waals surface area contributed by atoms with Crippen molar-refractivity contribution in [3.05, 3.63) is 23.8 Å². The summed E-state index contributed by atoms with van der Waals surface area (Å²) in [6, 6.07) is 5.58. The summed E-state index contributed by atoms with van der Waals surface area (Å²) in [6.45, 7) is 0.596. The molecule has 1 atom stereocenters. The fourth-order valence-corrected chi connectivity index (χ4v) is 2.80. The normalized spacial score (nSPS) is 19.0. The standard InChI is InChI=1S/C10H14N2O3S/c1-15-8-2-3-10-9(4-8)7(5-12-10)6-16(11,13)14/h2-4,7,12H,5-6H2,1H3,(H2,11,13,14). The minimum atomic E-state index is -3.45. The van der Waals surface area contributed by atoms with Crippen LogP contribution in [0.25, 0.3) is 0 Å². The van der Waals surface area contributed by atoms with Crippen LogP contribution in [0.15, 0.2) is 18.2 Å². The SMILES string of the molecule is COc1ccc2c(c1)C(CS(N)(=O)=O)CN2. The van der Waals surface area contributed by atoms with Crippen molar-refractivity contribution in [2.24, 2.45) is 5.14 Å². The highest BCUT2D eigenvalue weighted by Crippen LogP contribution is 2.34. The molecule has 16 heavy (non-hydrogen) atoms. The molecule has 1 heterocycles. The van der Waals surface area contributed by atoms with Gasteiger partial charge in [-0.2, -0.15) is 0 Å². The number of primary sulfonamides is 1. The maximum atomic E-state index is 11.1. The van der Waals surface area contributed by atoms with Gasteiger partial charge in [-0.3, -0.25) is 0 Å². The van der Waals surface area contributed by atoms with Gasteiger partial charge in [-0.15, -0.1) is 0 Å². The molecule has 0 spiro atoms. The van der Waals surface area contributed by atoms with Crippen molar-refractivity contribution in [3.63, 3.8) is 0 Å². The lowest BCUT2D eigenvalue weighted by Crippen LogP contribution is -2.22. The number of rotatable bonds is 3. The molecular weight excluding hydrogens is 228 g/mol. The van der Waals surface area contributed by atoms with Gasteiger partial charge in [-0.1, -0.05) is 0 Å². The summed E-state index contributed by atoms with van der Waals surface area (Å²) in [7, 11) is -1.87. The van der Waals surface area contributed by atoms with E-state index in [1.165, 1.54) is 0 Å². The van der Waals surface area contributed by atoms with E-state index in [-0.39, 0.29) is 11.7 Å². The maximum Gasteiger partial charge on any atom is 0.209 e. The highest BCUT2D eigenvalue weighted by atomic mass is 32.2. The van der Waals surface area contributed by atoms with Gasteiger partial charge in [0, 0.05) is 18.2 Å². The first-order valence-corrected chi connectivity index (χ1v) is 6.63. The number of ether oxygens (including phenoxy) is 1. The van der Waals surface area contributed by atoms with Crippen molar-refractivity contribution < 1.29 is 13.2 Å². The van der Waals surface area contributed by atoms with E-state index < -0.39 is 10.0 Å². The predicted molar refractivity (Wildman–Crippen MR) is 62.2 cm³/mol. The zero-order valence-electron chi connectivity index (χ0n) is 8.93. The number of hydrogen-bond donors (Lipinski definition) is 2. The van der Waals surface area contributed by atoms with Gasteiger partial charge in [-0.25, -0.2) is 13.6 Å². The Morgan fingerprint density at radius 3 is 2.94 bits per heavy atom. The molecule has 0 bridgehead atoms. The van der Waals surface area contributed by atoms with Crippen LogP contribution in [-0.2, 0) is 10.0 Å². The number of fused-ring (bicyclic) bond motifs is 1. The minimum Gasteiger partial charge on any atom is -0.497 e. The van der Waals surface area contributed by atoms with Gasteiger partial charge in [0.1, 0.15) is 5.75 Å². The Bertz CT molecular complexity index is 499. The summed E-state index contributed by atoms with van der Waals surface area (Å²) < 4.78 is 27.2. The van der Waals surface area contributed by atoms with Gasteiger partial charge in [0.05, 0.1) is 12.9 Å². The zero-order valence-corrected chi connectivity index (χ0v) is 9.75. The summed E-state index contributed by atoms with van der Waals surface area (Å²) in [5, 5.41) is 8.20. The van der Waals surface area contributed by atoms with Crippen LogP contribution < -0.4 is 15.2 Å². The van der Waals surface area contributed by atoms with E-state index in [2.05, 4.69) is 5.32 Å². The van der Waals surface area contributed by atoms with Gasteiger partial charge >= 0.3 is 0 Å². The molecule has 88 valence electrons. The summed E-state index contributed by atoms with van der Waals surface area (Å²) in [5.74, 6) is 0.585. The molecule has 0 saturated heterocycles. The molecule has 0 saturated carbocycles. The van der Waals surface area contributed by atoms with Crippen LogP contribution >= 0.6 is 0 Å². The van der Waals surface area contributed by atoms with E-state index in [0.717, 1.165) is 17.0 Å². The first kappa shape index (κ1) is 11.2. The second-order valence-electron chi connectivity index (χ2n) is 3.86. The van der Waals surface area contributed by atoms with E-state index >= 15 is 0 Å². The quantitative estimate of drug-likeness (QED) is 0.808. The van der Waals surface area contributed by atoms with Gasteiger partial charge in [0.2, 0.25) is 10.0 Å². The Morgan fingerprint density at radius 1 is 1.56 bits per heavy atom. The molecule has 1 aromatic rings. The van der Waals surface area contributed by atoms with Crippen molar-refractivity contribution in [1.82, 2.24) is 0 Å². The van der Waals surface area contributed by atoms with Gasteiger partial charge in [0.15, 0.2) is 0 Å². The minimum absolute atomic E-state index is 0.0415. The molecule has 0 aliphatic carbocycles. The van der Waals surface area contributed by atoms with Crippen molar-refractivity contribution in [2.75, 3.05) is 24.7 Å². The van der Waals surface area contributed by atoms with Crippen molar-refractivity contribution >= 4 is 15.7 Å². The lowest BCUT2D eigenvalue weighted by atomic mass is 10.0. The van der Waals surface area contributed by atoms with Crippen LogP contribution in [-0.4, -0.2) is 27.8 Å². The molecule has 0 aromatic heterocycles. The summed E-state index contributed by atoms with van der Waals surface area (Å²) in [5.41, 5.74) is 1.91. The third-order valence-electron chi connectivity index (χ3n) is 2.67. The van der Waals surface area contributed by atoms with Gasteiger partial charge in [-0.05, 0) is 23.8 Å². The van der Waals surface area contributed by atoms with Crippen molar-refractivity contribution in [3.8, 4) is 5.75 Å². The lowest BCUT2D eigenvalue weighted by molar-refractivity contribution is 0.414. The predicted octanol–water partition coefficient (Wildman–Crippen LogP) is 0.493. The number of methoxy groups -OCH3 is 1. The highest BCUT2D eigenvalue weighted by molar-refractivity contribution is 7.89. The number of nitrogens with one attached hydrogen (secondary N) is 1. The number of hydrogen-bond acceptors (Lipinski definition) is 4. The average molecular weight is 242 g/mol. The van der Waals surface area contributed by atoms with Crippen molar-refractivity contribution in [2.45, 2.75) is 5.92 Å².